The third-order valence-corrected chi connectivity index (χ3v) is 5.75. The van der Waals surface area contributed by atoms with Gasteiger partial charge >= 0.3 is 0 Å². The van der Waals surface area contributed by atoms with E-state index in [1.807, 2.05) is 36.4 Å². The molecule has 1 aliphatic heterocycles. The smallest absolute Gasteiger partial charge is 0.245 e. The summed E-state index contributed by atoms with van der Waals surface area (Å²) < 4.78 is 12.0. The van der Waals surface area contributed by atoms with Crippen LogP contribution >= 0.6 is 11.8 Å². The van der Waals surface area contributed by atoms with Crippen LogP contribution in [0.15, 0.2) is 58.7 Å². The number of thioether (sulfide) groups is 1. The van der Waals surface area contributed by atoms with Crippen molar-refractivity contribution >= 4 is 34.4 Å². The van der Waals surface area contributed by atoms with Crippen LogP contribution in [0, 0.1) is 0 Å². The standard InChI is InChI=1S/C22H20N4O4S/c1-13(27)25-19(15-8-10-17(29-3)11-9-15)23-20-22(25)31-21(24-26(20)14(2)28)16-6-5-7-18(12-16)30-4/h5-12H,1-4H3. The molecule has 0 bridgehead atoms. The number of aromatic nitrogens is 2. The minimum Gasteiger partial charge on any atom is -0.497 e. The van der Waals surface area contributed by atoms with E-state index in [1.165, 1.54) is 35.2 Å². The number of nitrogens with zero attached hydrogens (tertiary/aromatic N) is 4. The molecule has 1 aliphatic rings. The molecule has 0 N–H and O–H groups in total. The maximum absolute atomic E-state index is 12.6. The molecular formula is C22H20N4O4S. The SMILES string of the molecule is COc1ccc(-c2nc3c(n2C(C)=O)SC(c2cccc(OC)c2)=NN3C(C)=O)cc1. The zero-order chi connectivity index (χ0) is 22.1. The van der Waals surface area contributed by atoms with Crippen LogP contribution in [0.1, 0.15) is 24.2 Å². The van der Waals surface area contributed by atoms with Gasteiger partial charge in [0.2, 0.25) is 11.8 Å². The largest absolute Gasteiger partial charge is 0.497 e. The molecule has 0 atom stereocenters. The Bertz CT molecular complexity index is 1200. The van der Waals surface area contributed by atoms with E-state index >= 15 is 0 Å². The van der Waals surface area contributed by atoms with Gasteiger partial charge < -0.3 is 9.47 Å². The summed E-state index contributed by atoms with van der Waals surface area (Å²) in [6, 6.07) is 14.6. The van der Waals surface area contributed by atoms with Gasteiger partial charge in [0.05, 0.1) is 14.2 Å². The van der Waals surface area contributed by atoms with Crippen LogP contribution in [-0.2, 0) is 4.79 Å². The second-order valence-electron chi connectivity index (χ2n) is 6.72. The first-order valence-electron chi connectivity index (χ1n) is 9.42. The first kappa shape index (κ1) is 20.7. The van der Waals surface area contributed by atoms with Crippen molar-refractivity contribution < 1.29 is 19.1 Å². The van der Waals surface area contributed by atoms with Gasteiger partial charge in [-0.15, -0.1) is 0 Å². The normalized spacial score (nSPS) is 12.8. The van der Waals surface area contributed by atoms with Gasteiger partial charge in [0.25, 0.3) is 0 Å². The number of hydrogen-bond acceptors (Lipinski definition) is 7. The summed E-state index contributed by atoms with van der Waals surface area (Å²) in [7, 11) is 3.17. The number of ether oxygens (including phenoxy) is 2. The topological polar surface area (TPSA) is 86.0 Å². The molecule has 1 amide bonds. The molecule has 0 unspecified atom stereocenters. The van der Waals surface area contributed by atoms with Crippen LogP contribution in [0.4, 0.5) is 5.82 Å². The van der Waals surface area contributed by atoms with E-state index < -0.39 is 0 Å². The summed E-state index contributed by atoms with van der Waals surface area (Å²) in [6.07, 6.45) is 0. The van der Waals surface area contributed by atoms with Crippen LogP contribution in [0.3, 0.4) is 0 Å². The fourth-order valence-electron chi connectivity index (χ4n) is 3.19. The highest BCUT2D eigenvalue weighted by Gasteiger charge is 2.32. The van der Waals surface area contributed by atoms with Crippen LogP contribution < -0.4 is 14.5 Å². The second kappa shape index (κ2) is 8.27. The van der Waals surface area contributed by atoms with Crippen molar-refractivity contribution in [3.05, 3.63) is 54.1 Å². The van der Waals surface area contributed by atoms with Crippen molar-refractivity contribution in [2.24, 2.45) is 5.10 Å². The van der Waals surface area contributed by atoms with E-state index in [4.69, 9.17) is 9.47 Å². The molecule has 0 aliphatic carbocycles. The van der Waals surface area contributed by atoms with Gasteiger partial charge in [0.15, 0.2) is 5.82 Å². The summed E-state index contributed by atoms with van der Waals surface area (Å²) in [5.74, 6) is 1.59. The lowest BCUT2D eigenvalue weighted by Gasteiger charge is -2.21. The van der Waals surface area contributed by atoms with Gasteiger partial charge in [-0.25, -0.2) is 4.98 Å². The number of fused-ring (bicyclic) bond motifs is 1. The number of carbonyl (C=O) groups is 2. The van der Waals surface area contributed by atoms with E-state index in [9.17, 15) is 9.59 Å². The number of amides is 1. The number of anilines is 1. The van der Waals surface area contributed by atoms with Crippen LogP contribution in [-0.4, -0.2) is 40.6 Å². The molecule has 31 heavy (non-hydrogen) atoms. The van der Waals surface area contributed by atoms with Gasteiger partial charge in [-0.05, 0) is 48.2 Å². The third kappa shape index (κ3) is 3.79. The van der Waals surface area contributed by atoms with Gasteiger partial charge in [0, 0.05) is 25.0 Å². The van der Waals surface area contributed by atoms with E-state index in [2.05, 4.69) is 10.1 Å². The van der Waals surface area contributed by atoms with Crippen LogP contribution in [0.5, 0.6) is 11.5 Å². The molecule has 0 spiro atoms. The van der Waals surface area contributed by atoms with Gasteiger partial charge in [0.1, 0.15) is 27.4 Å². The number of imidazole rings is 1. The number of rotatable bonds is 4. The Morgan fingerprint density at radius 3 is 2.23 bits per heavy atom. The van der Waals surface area contributed by atoms with Crippen molar-refractivity contribution in [3.63, 3.8) is 0 Å². The Morgan fingerprint density at radius 2 is 1.61 bits per heavy atom. The van der Waals surface area contributed by atoms with Gasteiger partial charge in [-0.3, -0.25) is 14.2 Å². The molecule has 0 saturated carbocycles. The first-order chi connectivity index (χ1) is 14.9. The molecule has 4 rings (SSSR count). The quantitative estimate of drug-likeness (QED) is 0.613. The number of methoxy groups -OCH3 is 2. The Labute approximate surface area is 183 Å². The predicted molar refractivity (Wildman–Crippen MR) is 119 cm³/mol. The van der Waals surface area contributed by atoms with Crippen molar-refractivity contribution in [2.75, 3.05) is 19.2 Å². The van der Waals surface area contributed by atoms with Crippen LogP contribution in [0.2, 0.25) is 0 Å². The molecule has 0 saturated heterocycles. The van der Waals surface area contributed by atoms with E-state index in [0.29, 0.717) is 33.2 Å². The Hall–Kier alpha value is -3.59. The molecule has 2 aromatic carbocycles. The van der Waals surface area contributed by atoms with E-state index in [1.54, 1.807) is 26.4 Å². The average Bonchev–Trinajstić information content (AvgIpc) is 3.18. The summed E-state index contributed by atoms with van der Waals surface area (Å²) in [4.78, 5) is 29.7. The Kier molecular flexibility index (Phi) is 5.51. The maximum atomic E-state index is 12.6. The number of carbonyl (C=O) groups excluding carboxylic acids is 2. The molecule has 8 nitrogen and oxygen atoms in total. The second-order valence-corrected chi connectivity index (χ2v) is 7.69. The summed E-state index contributed by atoms with van der Waals surface area (Å²) in [6.45, 7) is 2.87. The minimum absolute atomic E-state index is 0.220. The number of hydrazone groups is 1. The number of hydrogen-bond donors (Lipinski definition) is 0. The molecule has 1 aromatic heterocycles. The highest BCUT2D eigenvalue weighted by Crippen LogP contribution is 2.41. The molecule has 0 fully saturated rings. The minimum atomic E-state index is -0.309. The molecule has 3 aromatic rings. The highest BCUT2D eigenvalue weighted by molar-refractivity contribution is 8.14. The molecule has 9 heteroatoms. The van der Waals surface area contributed by atoms with Crippen molar-refractivity contribution in [1.82, 2.24) is 9.55 Å². The summed E-state index contributed by atoms with van der Waals surface area (Å²) in [5.41, 5.74) is 1.49. The Balaban J connectivity index is 1.86. The van der Waals surface area contributed by atoms with E-state index in [0.717, 1.165) is 11.1 Å². The summed E-state index contributed by atoms with van der Waals surface area (Å²) in [5, 5.41) is 6.82. The van der Waals surface area contributed by atoms with Gasteiger partial charge in [-0.2, -0.15) is 10.1 Å². The molecule has 2 heterocycles. The lowest BCUT2D eigenvalue weighted by atomic mass is 10.2. The van der Waals surface area contributed by atoms with Crippen molar-refractivity contribution in [3.8, 4) is 22.9 Å². The third-order valence-electron chi connectivity index (χ3n) is 4.68. The fourth-order valence-corrected chi connectivity index (χ4v) is 4.27. The van der Waals surface area contributed by atoms with E-state index in [-0.39, 0.29) is 11.8 Å². The summed E-state index contributed by atoms with van der Waals surface area (Å²) >= 11 is 1.28. The van der Waals surface area contributed by atoms with Gasteiger partial charge in [-0.1, -0.05) is 12.1 Å². The highest BCUT2D eigenvalue weighted by atomic mass is 32.2. The van der Waals surface area contributed by atoms with Crippen LogP contribution in [0.25, 0.3) is 11.4 Å². The fraction of sp³-hybridized carbons (Fsp3) is 0.182. The molecular weight excluding hydrogens is 416 g/mol. The van der Waals surface area contributed by atoms with Crippen molar-refractivity contribution in [1.29, 1.82) is 0 Å². The molecule has 0 radical (unpaired) electrons. The Morgan fingerprint density at radius 1 is 0.903 bits per heavy atom. The average molecular weight is 436 g/mol. The monoisotopic (exact) mass is 436 g/mol. The lowest BCUT2D eigenvalue weighted by molar-refractivity contribution is -0.116. The number of benzene rings is 2. The van der Waals surface area contributed by atoms with Crippen molar-refractivity contribution in [2.45, 2.75) is 18.9 Å². The molecule has 158 valence electrons. The first-order valence-corrected chi connectivity index (χ1v) is 10.2. The predicted octanol–water partition coefficient (Wildman–Crippen LogP) is 4.05. The maximum Gasteiger partial charge on any atom is 0.245 e. The lowest BCUT2D eigenvalue weighted by Crippen LogP contribution is -2.28. The zero-order valence-electron chi connectivity index (χ0n) is 17.4. The zero-order valence-corrected chi connectivity index (χ0v) is 18.3.